The van der Waals surface area contributed by atoms with Crippen molar-refractivity contribution >= 4 is 29.2 Å². The van der Waals surface area contributed by atoms with Crippen molar-refractivity contribution < 1.29 is 4.39 Å². The normalized spacial score (nSPS) is 17.6. The van der Waals surface area contributed by atoms with Gasteiger partial charge < -0.3 is 5.32 Å². The van der Waals surface area contributed by atoms with Gasteiger partial charge in [-0.25, -0.2) is 4.39 Å². The molecule has 0 saturated heterocycles. The lowest BCUT2D eigenvalue weighted by atomic mass is 10.0. The number of halogens is 1. The van der Waals surface area contributed by atoms with Crippen LogP contribution >= 0.6 is 23.5 Å². The van der Waals surface area contributed by atoms with E-state index in [1.165, 1.54) is 4.90 Å². The minimum Gasteiger partial charge on any atom is -0.378 e. The number of anilines is 1. The molecule has 4 heteroatoms. The van der Waals surface area contributed by atoms with Gasteiger partial charge in [-0.05, 0) is 48.6 Å². The number of thioether (sulfide) groups is 2. The van der Waals surface area contributed by atoms with Crippen molar-refractivity contribution in [1.29, 1.82) is 0 Å². The SMILES string of the molecule is CSc1ccc(NC2CCSc3c(F)cccc32)cc1. The van der Waals surface area contributed by atoms with Gasteiger partial charge >= 0.3 is 0 Å². The summed E-state index contributed by atoms with van der Waals surface area (Å²) in [5.74, 6) is 0.853. The van der Waals surface area contributed by atoms with Crippen LogP contribution < -0.4 is 5.32 Å². The highest BCUT2D eigenvalue weighted by Gasteiger charge is 2.22. The zero-order chi connectivity index (χ0) is 13.9. The number of fused-ring (bicyclic) bond motifs is 1. The molecule has 0 fully saturated rings. The average Bonchev–Trinajstić information content (AvgIpc) is 2.49. The van der Waals surface area contributed by atoms with E-state index in [-0.39, 0.29) is 11.9 Å². The van der Waals surface area contributed by atoms with Gasteiger partial charge in [-0.3, -0.25) is 0 Å². The number of rotatable bonds is 3. The van der Waals surface area contributed by atoms with Crippen molar-refractivity contribution in [3.8, 4) is 0 Å². The first-order valence-electron chi connectivity index (χ1n) is 6.60. The molecule has 20 heavy (non-hydrogen) atoms. The van der Waals surface area contributed by atoms with Crippen molar-refractivity contribution in [3.63, 3.8) is 0 Å². The smallest absolute Gasteiger partial charge is 0.137 e. The second-order valence-electron chi connectivity index (χ2n) is 4.72. The van der Waals surface area contributed by atoms with Crippen LogP contribution in [0.3, 0.4) is 0 Å². The summed E-state index contributed by atoms with van der Waals surface area (Å²) in [6.07, 6.45) is 3.09. The Morgan fingerprint density at radius 1 is 1.20 bits per heavy atom. The Kier molecular flexibility index (Phi) is 4.22. The third kappa shape index (κ3) is 2.81. The van der Waals surface area contributed by atoms with Gasteiger partial charge in [0.25, 0.3) is 0 Å². The number of hydrogen-bond donors (Lipinski definition) is 1. The summed E-state index contributed by atoms with van der Waals surface area (Å²) in [6, 6.07) is 14.0. The monoisotopic (exact) mass is 305 g/mol. The Bertz CT molecular complexity index is 598. The first-order chi connectivity index (χ1) is 9.78. The molecule has 3 rings (SSSR count). The molecule has 1 unspecified atom stereocenters. The zero-order valence-corrected chi connectivity index (χ0v) is 12.9. The molecule has 1 nitrogen and oxygen atoms in total. The van der Waals surface area contributed by atoms with Gasteiger partial charge in [-0.2, -0.15) is 0 Å². The van der Waals surface area contributed by atoms with E-state index in [1.807, 2.05) is 6.07 Å². The van der Waals surface area contributed by atoms with Crippen molar-refractivity contribution in [2.24, 2.45) is 0 Å². The molecule has 0 saturated carbocycles. The predicted molar refractivity (Wildman–Crippen MR) is 86.3 cm³/mol. The van der Waals surface area contributed by atoms with Crippen molar-refractivity contribution in [2.45, 2.75) is 22.3 Å². The van der Waals surface area contributed by atoms with Gasteiger partial charge in [0, 0.05) is 21.2 Å². The van der Waals surface area contributed by atoms with E-state index in [0.29, 0.717) is 0 Å². The molecule has 0 amide bonds. The molecule has 2 aromatic rings. The van der Waals surface area contributed by atoms with Crippen LogP contribution in [0.4, 0.5) is 10.1 Å². The summed E-state index contributed by atoms with van der Waals surface area (Å²) < 4.78 is 13.8. The predicted octanol–water partition coefficient (Wildman–Crippen LogP) is 5.20. The molecule has 2 aromatic carbocycles. The highest BCUT2D eigenvalue weighted by atomic mass is 32.2. The molecule has 0 bridgehead atoms. The van der Waals surface area contributed by atoms with Gasteiger partial charge in [0.2, 0.25) is 0 Å². The van der Waals surface area contributed by atoms with Crippen molar-refractivity contribution in [3.05, 3.63) is 53.8 Å². The fraction of sp³-hybridized carbons (Fsp3) is 0.250. The molecular formula is C16H16FNS2. The third-order valence-corrected chi connectivity index (χ3v) is 5.36. The molecule has 0 radical (unpaired) electrons. The Labute approximate surface area is 127 Å². The molecule has 1 atom stereocenters. The molecule has 104 valence electrons. The Balaban J connectivity index is 1.83. The summed E-state index contributed by atoms with van der Waals surface area (Å²) in [6.45, 7) is 0. The molecule has 0 spiro atoms. The molecular weight excluding hydrogens is 289 g/mol. The minimum absolute atomic E-state index is 0.100. The second kappa shape index (κ2) is 6.10. The van der Waals surface area contributed by atoms with Crippen LogP contribution in [0.15, 0.2) is 52.3 Å². The lowest BCUT2D eigenvalue weighted by molar-refractivity contribution is 0.585. The van der Waals surface area contributed by atoms with E-state index in [1.54, 1.807) is 35.7 Å². The summed E-state index contributed by atoms with van der Waals surface area (Å²) in [4.78, 5) is 2.05. The molecule has 1 aliphatic heterocycles. The standard InChI is InChI=1S/C16H16FNS2/c1-19-12-7-5-11(6-8-12)18-15-9-10-20-16-13(15)3-2-4-14(16)17/h2-8,15,18H,9-10H2,1H3. The maximum atomic E-state index is 13.8. The van der Waals surface area contributed by atoms with Crippen LogP contribution in [0.2, 0.25) is 0 Å². The minimum atomic E-state index is -0.100. The highest BCUT2D eigenvalue weighted by Crippen LogP contribution is 2.39. The maximum absolute atomic E-state index is 13.8. The second-order valence-corrected chi connectivity index (χ2v) is 6.71. The van der Waals surface area contributed by atoms with Gasteiger partial charge in [0.1, 0.15) is 5.82 Å². The Morgan fingerprint density at radius 2 is 2.00 bits per heavy atom. The first-order valence-corrected chi connectivity index (χ1v) is 8.81. The zero-order valence-electron chi connectivity index (χ0n) is 11.2. The topological polar surface area (TPSA) is 12.0 Å². The van der Waals surface area contributed by atoms with Crippen molar-refractivity contribution in [2.75, 3.05) is 17.3 Å². The van der Waals surface area contributed by atoms with Crippen LogP contribution in [0, 0.1) is 5.82 Å². The molecule has 0 aromatic heterocycles. The van der Waals surface area contributed by atoms with Crippen LogP contribution in [-0.2, 0) is 0 Å². The van der Waals surface area contributed by atoms with Crippen LogP contribution in [0.1, 0.15) is 18.0 Å². The Hall–Kier alpha value is -1.13. The van der Waals surface area contributed by atoms with Crippen LogP contribution in [0.5, 0.6) is 0 Å². The van der Waals surface area contributed by atoms with Gasteiger partial charge in [0.05, 0.1) is 6.04 Å². The first kappa shape index (κ1) is 13.8. The fourth-order valence-corrected chi connectivity index (χ4v) is 3.97. The summed E-state index contributed by atoms with van der Waals surface area (Å²) in [5, 5.41) is 3.53. The van der Waals surface area contributed by atoms with Gasteiger partial charge in [0.15, 0.2) is 0 Å². The molecule has 0 aliphatic carbocycles. The average molecular weight is 305 g/mol. The van der Waals surface area contributed by atoms with E-state index in [0.717, 1.165) is 28.3 Å². The fourth-order valence-electron chi connectivity index (χ4n) is 2.42. The molecule has 1 N–H and O–H groups in total. The van der Waals surface area contributed by atoms with E-state index in [4.69, 9.17) is 0 Å². The van der Waals surface area contributed by atoms with E-state index in [9.17, 15) is 4.39 Å². The molecule has 1 heterocycles. The van der Waals surface area contributed by atoms with Gasteiger partial charge in [-0.15, -0.1) is 23.5 Å². The van der Waals surface area contributed by atoms with E-state index in [2.05, 4.69) is 35.8 Å². The maximum Gasteiger partial charge on any atom is 0.137 e. The quantitative estimate of drug-likeness (QED) is 0.783. The van der Waals surface area contributed by atoms with E-state index < -0.39 is 0 Å². The largest absolute Gasteiger partial charge is 0.378 e. The summed E-state index contributed by atoms with van der Waals surface area (Å²) in [5.41, 5.74) is 2.17. The number of nitrogens with one attached hydrogen (secondary N) is 1. The van der Waals surface area contributed by atoms with Gasteiger partial charge in [-0.1, -0.05) is 12.1 Å². The van der Waals surface area contributed by atoms with E-state index >= 15 is 0 Å². The lowest BCUT2D eigenvalue weighted by Gasteiger charge is -2.27. The number of hydrogen-bond acceptors (Lipinski definition) is 3. The van der Waals surface area contributed by atoms with Crippen molar-refractivity contribution in [1.82, 2.24) is 0 Å². The highest BCUT2D eigenvalue weighted by molar-refractivity contribution is 7.99. The summed E-state index contributed by atoms with van der Waals surface area (Å²) in [7, 11) is 0. The number of benzene rings is 2. The molecule has 1 aliphatic rings. The summed E-state index contributed by atoms with van der Waals surface area (Å²) >= 11 is 3.35. The van der Waals surface area contributed by atoms with Crippen LogP contribution in [0.25, 0.3) is 0 Å². The third-order valence-electron chi connectivity index (χ3n) is 3.46. The van der Waals surface area contributed by atoms with Crippen LogP contribution in [-0.4, -0.2) is 12.0 Å². The Morgan fingerprint density at radius 3 is 2.75 bits per heavy atom. The lowest BCUT2D eigenvalue weighted by Crippen LogP contribution is -2.16.